The summed E-state index contributed by atoms with van der Waals surface area (Å²) in [4.78, 5) is 14.2. The monoisotopic (exact) mass is 266 g/mol. The van der Waals surface area contributed by atoms with Crippen molar-refractivity contribution in [2.75, 3.05) is 0 Å². The average molecular weight is 266 g/mol. The first-order valence-corrected chi connectivity index (χ1v) is 6.62. The minimum absolute atomic E-state index is 0.265. The van der Waals surface area contributed by atoms with E-state index in [1.165, 1.54) is 5.57 Å². The molecule has 1 unspecified atom stereocenters. The zero-order valence-electron chi connectivity index (χ0n) is 10.9. The van der Waals surface area contributed by atoms with Crippen LogP contribution in [0.15, 0.2) is 30.5 Å². The minimum Gasteiger partial charge on any atom is -0.481 e. The second kappa shape index (κ2) is 4.86. The number of allylic oxidation sites excluding steroid dienone is 2. The highest BCUT2D eigenvalue weighted by Crippen LogP contribution is 2.34. The molecule has 0 saturated heterocycles. The lowest BCUT2D eigenvalue weighted by Gasteiger charge is -2.18. The number of nitrogens with one attached hydrogen (secondary N) is 1. The van der Waals surface area contributed by atoms with Gasteiger partial charge in [-0.25, -0.2) is 0 Å². The Morgan fingerprint density at radius 3 is 2.95 bits per heavy atom. The van der Waals surface area contributed by atoms with E-state index in [0.29, 0.717) is 18.4 Å². The fraction of sp³-hybridized carbons (Fsp3) is 0.250. The van der Waals surface area contributed by atoms with Gasteiger partial charge in [0.2, 0.25) is 0 Å². The van der Waals surface area contributed by atoms with E-state index in [2.05, 4.69) is 11.1 Å². The van der Waals surface area contributed by atoms with E-state index in [4.69, 9.17) is 10.4 Å². The van der Waals surface area contributed by atoms with Gasteiger partial charge >= 0.3 is 5.97 Å². The summed E-state index contributed by atoms with van der Waals surface area (Å²) in [6, 6.07) is 7.72. The lowest BCUT2D eigenvalue weighted by molar-refractivity contribution is -0.141. The Morgan fingerprint density at radius 2 is 2.30 bits per heavy atom. The molecule has 1 aromatic carbocycles. The minimum atomic E-state index is -0.717. The van der Waals surface area contributed by atoms with Crippen LogP contribution >= 0.6 is 0 Å². The molecule has 4 nitrogen and oxygen atoms in total. The summed E-state index contributed by atoms with van der Waals surface area (Å²) in [5, 5.41) is 19.0. The lowest BCUT2D eigenvalue weighted by atomic mass is 9.86. The van der Waals surface area contributed by atoms with Crippen LogP contribution in [0.3, 0.4) is 0 Å². The summed E-state index contributed by atoms with van der Waals surface area (Å²) in [5.74, 6) is -0.982. The first kappa shape index (κ1) is 12.5. The molecule has 0 fully saturated rings. The fourth-order valence-electron chi connectivity index (χ4n) is 2.76. The number of aromatic nitrogens is 1. The highest BCUT2D eigenvalue weighted by Gasteiger charge is 2.22. The van der Waals surface area contributed by atoms with Crippen LogP contribution in [-0.2, 0) is 4.79 Å². The molecule has 0 aliphatic heterocycles. The number of benzene rings is 1. The van der Waals surface area contributed by atoms with Gasteiger partial charge < -0.3 is 10.1 Å². The van der Waals surface area contributed by atoms with Crippen molar-refractivity contribution in [3.63, 3.8) is 0 Å². The van der Waals surface area contributed by atoms with Gasteiger partial charge in [-0.1, -0.05) is 6.08 Å². The second-order valence-electron chi connectivity index (χ2n) is 5.11. The number of hydrogen-bond donors (Lipinski definition) is 2. The van der Waals surface area contributed by atoms with Crippen molar-refractivity contribution < 1.29 is 9.90 Å². The summed E-state index contributed by atoms with van der Waals surface area (Å²) < 4.78 is 0. The van der Waals surface area contributed by atoms with Crippen LogP contribution in [-0.4, -0.2) is 16.1 Å². The van der Waals surface area contributed by atoms with Gasteiger partial charge in [0.1, 0.15) is 0 Å². The van der Waals surface area contributed by atoms with E-state index in [1.54, 1.807) is 6.07 Å². The summed E-state index contributed by atoms with van der Waals surface area (Å²) in [7, 11) is 0. The molecule has 0 spiro atoms. The number of carboxylic acids is 1. The van der Waals surface area contributed by atoms with E-state index in [-0.39, 0.29) is 5.92 Å². The number of carboxylic acid groups (broad SMARTS) is 1. The number of rotatable bonds is 2. The van der Waals surface area contributed by atoms with Crippen molar-refractivity contribution in [2.24, 2.45) is 5.92 Å². The number of nitrogens with zero attached hydrogens (tertiary/aromatic N) is 1. The molecule has 2 aromatic rings. The molecule has 1 atom stereocenters. The third kappa shape index (κ3) is 2.08. The SMILES string of the molecule is N#Cc1ccc2[nH]cc(C3=CCC(C(=O)O)CC3)c2c1. The highest BCUT2D eigenvalue weighted by molar-refractivity contribution is 5.93. The molecule has 1 aliphatic carbocycles. The van der Waals surface area contributed by atoms with Crippen molar-refractivity contribution in [1.82, 2.24) is 4.98 Å². The predicted molar refractivity (Wildman–Crippen MR) is 76.0 cm³/mol. The van der Waals surface area contributed by atoms with Gasteiger partial charge in [-0.05, 0) is 43.0 Å². The van der Waals surface area contributed by atoms with Crippen molar-refractivity contribution in [1.29, 1.82) is 5.26 Å². The van der Waals surface area contributed by atoms with E-state index in [1.807, 2.05) is 24.4 Å². The molecule has 0 saturated carbocycles. The van der Waals surface area contributed by atoms with Crippen LogP contribution < -0.4 is 0 Å². The van der Waals surface area contributed by atoms with Gasteiger partial charge in [0.05, 0.1) is 17.6 Å². The fourth-order valence-corrected chi connectivity index (χ4v) is 2.76. The molecule has 0 amide bonds. The average Bonchev–Trinajstić information content (AvgIpc) is 2.90. The zero-order valence-corrected chi connectivity index (χ0v) is 10.9. The van der Waals surface area contributed by atoms with Gasteiger partial charge in [-0.2, -0.15) is 5.26 Å². The predicted octanol–water partition coefficient (Wildman–Crippen LogP) is 3.31. The van der Waals surface area contributed by atoms with Gasteiger partial charge in [0.25, 0.3) is 0 Å². The molecule has 20 heavy (non-hydrogen) atoms. The molecule has 0 radical (unpaired) electrons. The summed E-state index contributed by atoms with van der Waals surface area (Å²) in [6.45, 7) is 0. The number of nitriles is 1. The normalized spacial score (nSPS) is 18.6. The molecule has 3 rings (SSSR count). The molecule has 1 heterocycles. The molecular weight excluding hydrogens is 252 g/mol. The zero-order chi connectivity index (χ0) is 14.1. The number of carbonyl (C=O) groups is 1. The Morgan fingerprint density at radius 1 is 1.45 bits per heavy atom. The van der Waals surface area contributed by atoms with Crippen molar-refractivity contribution >= 4 is 22.4 Å². The smallest absolute Gasteiger partial charge is 0.306 e. The molecular formula is C16H14N2O2. The summed E-state index contributed by atoms with van der Waals surface area (Å²) >= 11 is 0. The van der Waals surface area contributed by atoms with E-state index >= 15 is 0 Å². The second-order valence-corrected chi connectivity index (χ2v) is 5.11. The number of H-pyrrole nitrogens is 1. The van der Waals surface area contributed by atoms with Gasteiger partial charge in [-0.3, -0.25) is 4.79 Å². The Labute approximate surface area is 116 Å². The van der Waals surface area contributed by atoms with Crippen LogP contribution in [0, 0.1) is 17.2 Å². The third-order valence-corrected chi connectivity index (χ3v) is 3.92. The Bertz CT molecular complexity index is 749. The van der Waals surface area contributed by atoms with Crippen molar-refractivity contribution in [2.45, 2.75) is 19.3 Å². The largest absolute Gasteiger partial charge is 0.481 e. The lowest BCUT2D eigenvalue weighted by Crippen LogP contribution is -2.15. The van der Waals surface area contributed by atoms with Crippen LogP contribution in [0.25, 0.3) is 16.5 Å². The molecule has 1 aromatic heterocycles. The standard InChI is InChI=1S/C16H14N2O2/c17-8-10-1-6-15-13(7-10)14(9-18-15)11-2-4-12(5-3-11)16(19)20/h1-2,6-7,9,12,18H,3-5H2,(H,19,20). The topological polar surface area (TPSA) is 76.9 Å². The quantitative estimate of drug-likeness (QED) is 0.875. The Balaban J connectivity index is 1.99. The van der Waals surface area contributed by atoms with E-state index in [0.717, 1.165) is 22.9 Å². The molecule has 4 heteroatoms. The Hall–Kier alpha value is -2.54. The number of hydrogen-bond acceptors (Lipinski definition) is 2. The molecule has 2 N–H and O–H groups in total. The van der Waals surface area contributed by atoms with Gasteiger partial charge in [0, 0.05) is 22.7 Å². The van der Waals surface area contributed by atoms with Crippen LogP contribution in [0.2, 0.25) is 0 Å². The van der Waals surface area contributed by atoms with Crippen molar-refractivity contribution in [3.05, 3.63) is 41.6 Å². The van der Waals surface area contributed by atoms with Crippen LogP contribution in [0.4, 0.5) is 0 Å². The van der Waals surface area contributed by atoms with Gasteiger partial charge in [0.15, 0.2) is 0 Å². The van der Waals surface area contributed by atoms with Crippen LogP contribution in [0.5, 0.6) is 0 Å². The first-order chi connectivity index (χ1) is 9.69. The van der Waals surface area contributed by atoms with Crippen LogP contribution in [0.1, 0.15) is 30.4 Å². The molecule has 100 valence electrons. The van der Waals surface area contributed by atoms with Crippen molar-refractivity contribution in [3.8, 4) is 6.07 Å². The number of aromatic amines is 1. The summed E-state index contributed by atoms with van der Waals surface area (Å²) in [5.41, 5.74) is 3.89. The Kier molecular flexibility index (Phi) is 3.03. The molecule has 0 bridgehead atoms. The number of aliphatic carboxylic acids is 1. The van der Waals surface area contributed by atoms with Gasteiger partial charge in [-0.15, -0.1) is 0 Å². The summed E-state index contributed by atoms with van der Waals surface area (Å²) in [6.07, 6.45) is 5.98. The first-order valence-electron chi connectivity index (χ1n) is 6.62. The maximum atomic E-state index is 11.0. The maximum Gasteiger partial charge on any atom is 0.306 e. The molecule has 1 aliphatic rings. The number of fused-ring (bicyclic) bond motifs is 1. The maximum absolute atomic E-state index is 11.0. The van der Waals surface area contributed by atoms with E-state index < -0.39 is 5.97 Å². The van der Waals surface area contributed by atoms with E-state index in [9.17, 15) is 4.79 Å². The highest BCUT2D eigenvalue weighted by atomic mass is 16.4. The third-order valence-electron chi connectivity index (χ3n) is 3.92.